The lowest BCUT2D eigenvalue weighted by Crippen LogP contribution is -2.31. The van der Waals surface area contributed by atoms with Crippen LogP contribution in [0.5, 0.6) is 0 Å². The van der Waals surface area contributed by atoms with Crippen molar-refractivity contribution in [3.63, 3.8) is 0 Å². The summed E-state index contributed by atoms with van der Waals surface area (Å²) >= 11 is 0. The SMILES string of the molecule is Cc1ccc(N(CCCC(=O)Nc2cccc(C(N)=O)c2C)S(C)(=O)=O)cc1. The Balaban J connectivity index is 2.01. The first-order chi connectivity index (χ1) is 13.1. The summed E-state index contributed by atoms with van der Waals surface area (Å²) < 4.78 is 25.5. The van der Waals surface area contributed by atoms with E-state index in [1.807, 2.05) is 19.1 Å². The Kier molecular flexibility index (Phi) is 6.80. The van der Waals surface area contributed by atoms with E-state index in [9.17, 15) is 18.0 Å². The molecule has 0 heterocycles. The van der Waals surface area contributed by atoms with Gasteiger partial charge < -0.3 is 11.1 Å². The Labute approximate surface area is 165 Å². The molecule has 8 heteroatoms. The standard InChI is InChI=1S/C20H25N3O4S/c1-14-9-11-16(12-10-14)23(28(3,26)27)13-5-8-19(24)22-18-7-4-6-17(15(18)2)20(21)25/h4,6-7,9-12H,5,8,13H2,1-3H3,(H2,21,25)(H,22,24). The van der Waals surface area contributed by atoms with Gasteiger partial charge in [-0.15, -0.1) is 0 Å². The number of rotatable bonds is 8. The van der Waals surface area contributed by atoms with Crippen LogP contribution in [0.15, 0.2) is 42.5 Å². The number of sulfonamides is 1. The molecular weight excluding hydrogens is 378 g/mol. The number of amides is 2. The molecular formula is C20H25N3O4S. The number of benzene rings is 2. The average molecular weight is 404 g/mol. The van der Waals surface area contributed by atoms with Crippen molar-refractivity contribution in [3.8, 4) is 0 Å². The fraction of sp³-hybridized carbons (Fsp3) is 0.300. The Bertz CT molecular complexity index is 969. The summed E-state index contributed by atoms with van der Waals surface area (Å²) in [7, 11) is -3.46. The summed E-state index contributed by atoms with van der Waals surface area (Å²) in [5.74, 6) is -0.822. The molecule has 28 heavy (non-hydrogen) atoms. The number of nitrogens with zero attached hydrogens (tertiary/aromatic N) is 1. The summed E-state index contributed by atoms with van der Waals surface area (Å²) in [5.41, 5.74) is 8.38. The van der Waals surface area contributed by atoms with E-state index < -0.39 is 15.9 Å². The minimum atomic E-state index is -3.46. The lowest BCUT2D eigenvalue weighted by Gasteiger charge is -2.22. The van der Waals surface area contributed by atoms with Crippen molar-refractivity contribution in [1.29, 1.82) is 0 Å². The zero-order chi connectivity index (χ0) is 20.9. The molecule has 0 saturated heterocycles. The summed E-state index contributed by atoms with van der Waals surface area (Å²) in [4.78, 5) is 23.7. The van der Waals surface area contributed by atoms with Gasteiger partial charge in [0.25, 0.3) is 0 Å². The van der Waals surface area contributed by atoms with Crippen LogP contribution in [0.2, 0.25) is 0 Å². The van der Waals surface area contributed by atoms with Gasteiger partial charge in [-0.2, -0.15) is 0 Å². The maximum atomic E-state index is 12.3. The topological polar surface area (TPSA) is 110 Å². The smallest absolute Gasteiger partial charge is 0.249 e. The van der Waals surface area contributed by atoms with Crippen LogP contribution >= 0.6 is 0 Å². The monoisotopic (exact) mass is 403 g/mol. The van der Waals surface area contributed by atoms with Crippen molar-refractivity contribution in [2.75, 3.05) is 22.4 Å². The van der Waals surface area contributed by atoms with E-state index in [-0.39, 0.29) is 18.9 Å². The number of nitrogens with one attached hydrogen (secondary N) is 1. The average Bonchev–Trinajstić information content (AvgIpc) is 2.60. The van der Waals surface area contributed by atoms with Gasteiger partial charge in [-0.25, -0.2) is 8.42 Å². The number of aryl methyl sites for hydroxylation is 1. The van der Waals surface area contributed by atoms with Gasteiger partial charge in [0, 0.05) is 24.2 Å². The van der Waals surface area contributed by atoms with Crippen molar-refractivity contribution >= 4 is 33.2 Å². The molecule has 0 bridgehead atoms. The molecule has 2 aromatic rings. The minimum absolute atomic E-state index is 0.137. The van der Waals surface area contributed by atoms with E-state index in [2.05, 4.69) is 5.32 Å². The molecule has 0 aromatic heterocycles. The van der Waals surface area contributed by atoms with Crippen LogP contribution in [-0.2, 0) is 14.8 Å². The second kappa shape index (κ2) is 8.88. The third-order valence-corrected chi connectivity index (χ3v) is 5.55. The Morgan fingerprint density at radius 1 is 1.07 bits per heavy atom. The highest BCUT2D eigenvalue weighted by molar-refractivity contribution is 7.92. The molecule has 0 radical (unpaired) electrons. The van der Waals surface area contributed by atoms with Crippen molar-refractivity contribution in [2.45, 2.75) is 26.7 Å². The van der Waals surface area contributed by atoms with Gasteiger partial charge in [0.2, 0.25) is 21.8 Å². The van der Waals surface area contributed by atoms with E-state index >= 15 is 0 Å². The van der Waals surface area contributed by atoms with Crippen LogP contribution in [0.4, 0.5) is 11.4 Å². The van der Waals surface area contributed by atoms with E-state index in [1.54, 1.807) is 37.3 Å². The van der Waals surface area contributed by atoms with E-state index in [0.717, 1.165) is 11.8 Å². The van der Waals surface area contributed by atoms with E-state index in [1.165, 1.54) is 4.31 Å². The molecule has 0 aliphatic carbocycles. The van der Waals surface area contributed by atoms with Crippen LogP contribution in [-0.4, -0.2) is 33.0 Å². The van der Waals surface area contributed by atoms with Gasteiger partial charge in [0.1, 0.15) is 0 Å². The summed E-state index contributed by atoms with van der Waals surface area (Å²) in [5, 5.41) is 2.75. The van der Waals surface area contributed by atoms with Gasteiger partial charge >= 0.3 is 0 Å². The van der Waals surface area contributed by atoms with Gasteiger partial charge in [0.05, 0.1) is 11.9 Å². The number of primary amides is 1. The predicted molar refractivity (Wildman–Crippen MR) is 111 cm³/mol. The first-order valence-corrected chi connectivity index (χ1v) is 10.7. The molecule has 2 rings (SSSR count). The van der Waals surface area contributed by atoms with Crippen LogP contribution in [0.3, 0.4) is 0 Å². The van der Waals surface area contributed by atoms with Crippen LogP contribution in [0, 0.1) is 13.8 Å². The molecule has 0 spiro atoms. The molecule has 2 aromatic carbocycles. The van der Waals surface area contributed by atoms with Gasteiger partial charge in [0.15, 0.2) is 0 Å². The van der Waals surface area contributed by atoms with Crippen LogP contribution < -0.4 is 15.4 Å². The Morgan fingerprint density at radius 3 is 2.29 bits per heavy atom. The summed E-state index contributed by atoms with van der Waals surface area (Å²) in [6, 6.07) is 12.1. The molecule has 0 fully saturated rings. The number of hydrogen-bond donors (Lipinski definition) is 2. The van der Waals surface area contributed by atoms with E-state index in [4.69, 9.17) is 5.73 Å². The molecule has 0 aliphatic heterocycles. The molecule has 7 nitrogen and oxygen atoms in total. The van der Waals surface area contributed by atoms with Crippen molar-refractivity contribution in [3.05, 3.63) is 59.2 Å². The van der Waals surface area contributed by atoms with Crippen molar-refractivity contribution < 1.29 is 18.0 Å². The largest absolute Gasteiger partial charge is 0.366 e. The highest BCUT2D eigenvalue weighted by Crippen LogP contribution is 2.20. The van der Waals surface area contributed by atoms with Gasteiger partial charge in [-0.05, 0) is 50.1 Å². The lowest BCUT2D eigenvalue weighted by atomic mass is 10.1. The zero-order valence-corrected chi connectivity index (χ0v) is 17.0. The number of nitrogens with two attached hydrogens (primary N) is 1. The second-order valence-electron chi connectivity index (χ2n) is 6.66. The Morgan fingerprint density at radius 2 is 1.71 bits per heavy atom. The third-order valence-electron chi connectivity index (χ3n) is 4.36. The fourth-order valence-electron chi connectivity index (χ4n) is 2.83. The number of anilines is 2. The molecule has 2 amide bonds. The van der Waals surface area contributed by atoms with Gasteiger partial charge in [-0.1, -0.05) is 23.8 Å². The first-order valence-electron chi connectivity index (χ1n) is 8.83. The second-order valence-corrected chi connectivity index (χ2v) is 8.57. The quantitative estimate of drug-likeness (QED) is 0.706. The zero-order valence-electron chi connectivity index (χ0n) is 16.2. The highest BCUT2D eigenvalue weighted by Gasteiger charge is 2.18. The Hall–Kier alpha value is -2.87. The van der Waals surface area contributed by atoms with Crippen molar-refractivity contribution in [1.82, 2.24) is 0 Å². The number of carbonyl (C=O) groups is 2. The summed E-state index contributed by atoms with van der Waals surface area (Å²) in [6.07, 6.45) is 1.63. The fourth-order valence-corrected chi connectivity index (χ4v) is 3.80. The molecule has 0 atom stereocenters. The first kappa shape index (κ1) is 21.4. The lowest BCUT2D eigenvalue weighted by molar-refractivity contribution is -0.116. The molecule has 0 unspecified atom stereocenters. The molecule has 0 aliphatic rings. The van der Waals surface area contributed by atoms with Crippen LogP contribution in [0.1, 0.15) is 34.3 Å². The maximum Gasteiger partial charge on any atom is 0.249 e. The third kappa shape index (κ3) is 5.56. The van der Waals surface area contributed by atoms with E-state index in [0.29, 0.717) is 28.9 Å². The van der Waals surface area contributed by atoms with Gasteiger partial charge in [-0.3, -0.25) is 13.9 Å². The normalized spacial score (nSPS) is 11.1. The molecule has 0 saturated carbocycles. The number of carbonyl (C=O) groups excluding carboxylic acids is 2. The maximum absolute atomic E-state index is 12.3. The molecule has 3 N–H and O–H groups in total. The molecule has 150 valence electrons. The van der Waals surface area contributed by atoms with Crippen molar-refractivity contribution in [2.24, 2.45) is 5.73 Å². The minimum Gasteiger partial charge on any atom is -0.366 e. The van der Waals surface area contributed by atoms with Crippen LogP contribution in [0.25, 0.3) is 0 Å². The number of hydrogen-bond acceptors (Lipinski definition) is 4. The highest BCUT2D eigenvalue weighted by atomic mass is 32.2. The summed E-state index contributed by atoms with van der Waals surface area (Å²) in [6.45, 7) is 3.82. The predicted octanol–water partition coefficient (Wildman–Crippen LogP) is 2.59.